The normalized spacial score (nSPS) is 12.0. The second-order valence-electron chi connectivity index (χ2n) is 5.42. The van der Waals surface area contributed by atoms with E-state index in [1.54, 1.807) is 25.4 Å². The molecule has 2 aromatic heterocycles. The van der Waals surface area contributed by atoms with Gasteiger partial charge in [0.2, 0.25) is 0 Å². The van der Waals surface area contributed by atoms with Crippen LogP contribution in [0.1, 0.15) is 34.6 Å². The Kier molecular flexibility index (Phi) is 4.62. The van der Waals surface area contributed by atoms with E-state index < -0.39 is 0 Å². The number of nitrogens with zero attached hydrogens (tertiary/aromatic N) is 2. The lowest BCUT2D eigenvalue weighted by Gasteiger charge is -2.14. The van der Waals surface area contributed by atoms with Gasteiger partial charge in [-0.2, -0.15) is 0 Å². The molecule has 24 heavy (non-hydrogen) atoms. The molecule has 0 spiro atoms. The van der Waals surface area contributed by atoms with Crippen molar-refractivity contribution in [2.75, 3.05) is 0 Å². The highest BCUT2D eigenvalue weighted by atomic mass is 35.5. The molecule has 1 atom stereocenters. The van der Waals surface area contributed by atoms with E-state index in [9.17, 15) is 4.79 Å². The molecule has 0 bridgehead atoms. The Morgan fingerprint density at radius 2 is 1.92 bits per heavy atom. The van der Waals surface area contributed by atoms with Crippen molar-refractivity contribution in [3.63, 3.8) is 0 Å². The first-order valence-electron chi connectivity index (χ1n) is 7.50. The minimum Gasteiger partial charge on any atom is -0.360 e. The molecule has 0 aliphatic heterocycles. The van der Waals surface area contributed by atoms with Gasteiger partial charge in [-0.05, 0) is 37.6 Å². The number of hydrogen-bond donors (Lipinski definition) is 1. The molecule has 6 heteroatoms. The average Bonchev–Trinajstić information content (AvgIpc) is 2.97. The Hall–Kier alpha value is -2.66. The van der Waals surface area contributed by atoms with Crippen LogP contribution in [0.5, 0.6) is 0 Å². The van der Waals surface area contributed by atoms with Crippen LogP contribution in [0, 0.1) is 6.92 Å². The number of carbonyl (C=O) groups excluding carboxylic acids is 1. The summed E-state index contributed by atoms with van der Waals surface area (Å²) in [5, 5.41) is 7.49. The molecule has 5 nitrogen and oxygen atoms in total. The monoisotopic (exact) mass is 341 g/mol. The second-order valence-corrected chi connectivity index (χ2v) is 5.83. The van der Waals surface area contributed by atoms with Crippen molar-refractivity contribution in [2.24, 2.45) is 0 Å². The van der Waals surface area contributed by atoms with Crippen LogP contribution in [0.3, 0.4) is 0 Å². The van der Waals surface area contributed by atoms with Gasteiger partial charge >= 0.3 is 0 Å². The van der Waals surface area contributed by atoms with Crippen molar-refractivity contribution in [3.8, 4) is 11.3 Å². The summed E-state index contributed by atoms with van der Waals surface area (Å²) in [6, 6.07) is 10.8. The highest BCUT2D eigenvalue weighted by Crippen LogP contribution is 2.31. The first kappa shape index (κ1) is 16.2. The lowest BCUT2D eigenvalue weighted by Crippen LogP contribution is -2.27. The van der Waals surface area contributed by atoms with E-state index in [2.05, 4.69) is 15.5 Å². The molecule has 1 amide bonds. The third kappa shape index (κ3) is 3.16. The third-order valence-corrected chi connectivity index (χ3v) is 4.10. The second kappa shape index (κ2) is 6.84. The van der Waals surface area contributed by atoms with E-state index >= 15 is 0 Å². The Labute approximate surface area is 144 Å². The Morgan fingerprint density at radius 1 is 1.21 bits per heavy atom. The molecule has 0 aliphatic rings. The van der Waals surface area contributed by atoms with Crippen LogP contribution in [-0.4, -0.2) is 16.0 Å². The summed E-state index contributed by atoms with van der Waals surface area (Å²) in [6.45, 7) is 3.62. The van der Waals surface area contributed by atoms with Gasteiger partial charge in [0, 0.05) is 18.0 Å². The molecule has 3 rings (SSSR count). The number of aryl methyl sites for hydroxylation is 1. The summed E-state index contributed by atoms with van der Waals surface area (Å²) in [7, 11) is 0. The van der Waals surface area contributed by atoms with Gasteiger partial charge in [0.1, 0.15) is 17.0 Å². The molecule has 1 unspecified atom stereocenters. The largest absolute Gasteiger partial charge is 0.360 e. The van der Waals surface area contributed by atoms with Crippen molar-refractivity contribution in [1.82, 2.24) is 15.5 Å². The van der Waals surface area contributed by atoms with Crippen LogP contribution in [0.2, 0.25) is 5.02 Å². The Balaban J connectivity index is 1.91. The fraction of sp³-hybridized carbons (Fsp3) is 0.167. The van der Waals surface area contributed by atoms with E-state index in [1.165, 1.54) is 0 Å². The summed E-state index contributed by atoms with van der Waals surface area (Å²) >= 11 is 6.23. The minimum atomic E-state index is -0.256. The fourth-order valence-corrected chi connectivity index (χ4v) is 2.71. The number of nitrogens with one attached hydrogen (secondary N) is 1. The number of amides is 1. The summed E-state index contributed by atoms with van der Waals surface area (Å²) in [5.41, 5.74) is 2.46. The quantitative estimate of drug-likeness (QED) is 0.772. The molecular formula is C18H16ClN3O2. The summed E-state index contributed by atoms with van der Waals surface area (Å²) in [5.74, 6) is 0.192. The molecule has 3 aromatic rings. The van der Waals surface area contributed by atoms with Crippen molar-refractivity contribution >= 4 is 17.5 Å². The molecule has 0 fully saturated rings. The number of pyridine rings is 1. The topological polar surface area (TPSA) is 68.0 Å². The van der Waals surface area contributed by atoms with Crippen LogP contribution in [0.25, 0.3) is 11.3 Å². The lowest BCUT2D eigenvalue weighted by molar-refractivity contribution is 0.0939. The van der Waals surface area contributed by atoms with E-state index in [0.717, 1.165) is 5.56 Å². The number of halogens is 1. The van der Waals surface area contributed by atoms with Gasteiger partial charge in [-0.1, -0.05) is 35.0 Å². The standard InChI is InChI=1S/C18H16ClN3O2/c1-11(13-7-9-20-10-8-13)21-18(23)16-12(2)24-22-17(16)14-5-3-4-6-15(14)19/h3-11H,1-2H3,(H,21,23). The van der Waals surface area contributed by atoms with Crippen LogP contribution in [-0.2, 0) is 0 Å². The molecule has 0 radical (unpaired) electrons. The van der Waals surface area contributed by atoms with E-state index in [0.29, 0.717) is 27.6 Å². The van der Waals surface area contributed by atoms with E-state index in [4.69, 9.17) is 16.1 Å². The smallest absolute Gasteiger partial charge is 0.257 e. The molecule has 0 saturated heterocycles. The third-order valence-electron chi connectivity index (χ3n) is 3.77. The maximum absolute atomic E-state index is 12.7. The average molecular weight is 342 g/mol. The summed E-state index contributed by atoms with van der Waals surface area (Å²) in [4.78, 5) is 16.7. The van der Waals surface area contributed by atoms with E-state index in [1.807, 2.05) is 37.3 Å². The molecule has 1 N–H and O–H groups in total. The fourth-order valence-electron chi connectivity index (χ4n) is 2.48. The zero-order chi connectivity index (χ0) is 17.1. The van der Waals surface area contributed by atoms with Crippen molar-refractivity contribution in [1.29, 1.82) is 0 Å². The lowest BCUT2D eigenvalue weighted by atomic mass is 10.0. The van der Waals surface area contributed by atoms with Crippen LogP contribution < -0.4 is 5.32 Å². The molecule has 122 valence electrons. The first-order valence-corrected chi connectivity index (χ1v) is 7.87. The minimum absolute atomic E-state index is 0.172. The van der Waals surface area contributed by atoms with Crippen LogP contribution >= 0.6 is 11.6 Å². The number of carbonyl (C=O) groups is 1. The molecule has 0 saturated carbocycles. The molecular weight excluding hydrogens is 326 g/mol. The highest BCUT2D eigenvalue weighted by molar-refractivity contribution is 6.33. The highest BCUT2D eigenvalue weighted by Gasteiger charge is 2.24. The zero-order valence-corrected chi connectivity index (χ0v) is 14.0. The SMILES string of the molecule is Cc1onc(-c2ccccc2Cl)c1C(=O)NC(C)c1ccncc1. The predicted molar refractivity (Wildman–Crippen MR) is 91.8 cm³/mol. The van der Waals surface area contributed by atoms with Crippen molar-refractivity contribution in [2.45, 2.75) is 19.9 Å². The van der Waals surface area contributed by atoms with Crippen molar-refractivity contribution < 1.29 is 9.32 Å². The number of rotatable bonds is 4. The Bertz CT molecular complexity index is 862. The summed E-state index contributed by atoms with van der Waals surface area (Å²) in [6.07, 6.45) is 3.38. The first-order chi connectivity index (χ1) is 11.6. The zero-order valence-electron chi connectivity index (χ0n) is 13.3. The van der Waals surface area contributed by atoms with Gasteiger partial charge in [0.15, 0.2) is 0 Å². The van der Waals surface area contributed by atoms with Gasteiger partial charge in [-0.3, -0.25) is 9.78 Å². The maximum Gasteiger partial charge on any atom is 0.257 e. The summed E-state index contributed by atoms with van der Waals surface area (Å²) < 4.78 is 5.23. The maximum atomic E-state index is 12.7. The molecule has 0 aliphatic carbocycles. The van der Waals surface area contributed by atoms with Gasteiger partial charge < -0.3 is 9.84 Å². The van der Waals surface area contributed by atoms with Gasteiger partial charge in [0.05, 0.1) is 11.1 Å². The van der Waals surface area contributed by atoms with Crippen LogP contribution in [0.15, 0.2) is 53.3 Å². The van der Waals surface area contributed by atoms with Crippen LogP contribution in [0.4, 0.5) is 0 Å². The molecule has 2 heterocycles. The van der Waals surface area contributed by atoms with E-state index in [-0.39, 0.29) is 11.9 Å². The number of benzene rings is 1. The molecule has 1 aromatic carbocycles. The van der Waals surface area contributed by atoms with Gasteiger partial charge in [-0.15, -0.1) is 0 Å². The predicted octanol–water partition coefficient (Wildman–Crippen LogP) is 4.19. The van der Waals surface area contributed by atoms with Crippen molar-refractivity contribution in [3.05, 3.63) is 70.7 Å². The number of hydrogen-bond acceptors (Lipinski definition) is 4. The Morgan fingerprint density at radius 3 is 2.62 bits per heavy atom. The van der Waals surface area contributed by atoms with Gasteiger partial charge in [0.25, 0.3) is 5.91 Å². The van der Waals surface area contributed by atoms with Gasteiger partial charge in [-0.25, -0.2) is 0 Å². The number of aromatic nitrogens is 2.